The van der Waals surface area contributed by atoms with Crippen LogP contribution >= 0.6 is 23.2 Å². The molecular formula is C23H29Cl2N3O4S. The van der Waals surface area contributed by atoms with Gasteiger partial charge in [0.25, 0.3) is 0 Å². The molecule has 0 aliphatic carbocycles. The van der Waals surface area contributed by atoms with Crippen LogP contribution in [0.2, 0.25) is 10.0 Å². The zero-order valence-electron chi connectivity index (χ0n) is 19.1. The maximum Gasteiger partial charge on any atom is 0.244 e. The van der Waals surface area contributed by atoms with Crippen molar-refractivity contribution < 1.29 is 18.0 Å². The first-order valence-electron chi connectivity index (χ1n) is 10.4. The summed E-state index contributed by atoms with van der Waals surface area (Å²) < 4.78 is 26.0. The third kappa shape index (κ3) is 7.62. The van der Waals surface area contributed by atoms with Crippen LogP contribution in [0, 0.1) is 5.92 Å². The Labute approximate surface area is 205 Å². The van der Waals surface area contributed by atoms with Gasteiger partial charge in [-0.25, -0.2) is 8.42 Å². The fraction of sp³-hybridized carbons (Fsp3) is 0.391. The van der Waals surface area contributed by atoms with Gasteiger partial charge in [0.1, 0.15) is 12.6 Å². The van der Waals surface area contributed by atoms with Gasteiger partial charge >= 0.3 is 0 Å². The highest BCUT2D eigenvalue weighted by atomic mass is 35.5. The highest BCUT2D eigenvalue weighted by molar-refractivity contribution is 7.92. The first-order chi connectivity index (χ1) is 15.4. The second kappa shape index (κ2) is 11.7. The van der Waals surface area contributed by atoms with Crippen LogP contribution < -0.4 is 9.62 Å². The molecular weight excluding hydrogens is 485 g/mol. The predicted molar refractivity (Wildman–Crippen MR) is 133 cm³/mol. The van der Waals surface area contributed by atoms with Gasteiger partial charge in [-0.2, -0.15) is 0 Å². The maximum atomic E-state index is 13.4. The molecule has 0 saturated carbocycles. The Morgan fingerprint density at radius 2 is 1.64 bits per heavy atom. The summed E-state index contributed by atoms with van der Waals surface area (Å²) >= 11 is 12.3. The summed E-state index contributed by atoms with van der Waals surface area (Å²) in [5, 5.41) is 3.02. The molecule has 33 heavy (non-hydrogen) atoms. The maximum absolute atomic E-state index is 13.4. The Morgan fingerprint density at radius 1 is 1.00 bits per heavy atom. The molecule has 1 N–H and O–H groups in total. The number of carbonyl (C=O) groups is 2. The number of nitrogens with one attached hydrogen (secondary N) is 1. The normalized spacial score (nSPS) is 12.3. The Bertz CT molecular complexity index is 1080. The minimum Gasteiger partial charge on any atom is -0.354 e. The molecule has 10 heteroatoms. The van der Waals surface area contributed by atoms with Crippen LogP contribution in [0.25, 0.3) is 0 Å². The summed E-state index contributed by atoms with van der Waals surface area (Å²) in [5.41, 5.74) is 0.901. The molecule has 0 aliphatic rings. The van der Waals surface area contributed by atoms with E-state index < -0.39 is 28.5 Å². The monoisotopic (exact) mass is 513 g/mol. The van der Waals surface area contributed by atoms with E-state index in [1.165, 1.54) is 17.0 Å². The van der Waals surface area contributed by atoms with Crippen LogP contribution in [0.3, 0.4) is 0 Å². The Kier molecular flexibility index (Phi) is 9.57. The number of benzene rings is 2. The molecule has 2 aromatic rings. The van der Waals surface area contributed by atoms with Crippen molar-refractivity contribution >= 4 is 50.7 Å². The molecule has 0 saturated heterocycles. The summed E-state index contributed by atoms with van der Waals surface area (Å²) in [6, 6.07) is 12.9. The van der Waals surface area contributed by atoms with Crippen LogP contribution in [0.5, 0.6) is 0 Å². The number of nitrogens with zero attached hydrogens (tertiary/aromatic N) is 2. The molecule has 180 valence electrons. The van der Waals surface area contributed by atoms with Gasteiger partial charge in [0.15, 0.2) is 0 Å². The predicted octanol–water partition coefficient (Wildman–Crippen LogP) is 3.95. The molecule has 0 aromatic heterocycles. The van der Waals surface area contributed by atoms with E-state index in [-0.39, 0.29) is 34.1 Å². The number of sulfonamides is 1. The highest BCUT2D eigenvalue weighted by Crippen LogP contribution is 2.33. The number of halogens is 2. The molecule has 0 fully saturated rings. The molecule has 7 nitrogen and oxygen atoms in total. The average molecular weight is 514 g/mol. The SMILES string of the molecule is CC(C)CNC(=O)C(C)N(Cc1ccccc1)C(=O)CN(c1cccc(Cl)c1Cl)S(C)(=O)=O. The van der Waals surface area contributed by atoms with Gasteiger partial charge in [-0.15, -0.1) is 0 Å². The van der Waals surface area contributed by atoms with E-state index in [1.54, 1.807) is 13.0 Å². The molecule has 0 heterocycles. The van der Waals surface area contributed by atoms with Crippen LogP contribution in [0.4, 0.5) is 5.69 Å². The van der Waals surface area contributed by atoms with E-state index in [9.17, 15) is 18.0 Å². The van der Waals surface area contributed by atoms with Gasteiger partial charge in [0.2, 0.25) is 21.8 Å². The van der Waals surface area contributed by atoms with Crippen LogP contribution in [-0.2, 0) is 26.2 Å². The van der Waals surface area contributed by atoms with Crippen molar-refractivity contribution in [2.24, 2.45) is 5.92 Å². The van der Waals surface area contributed by atoms with Crippen molar-refractivity contribution in [1.29, 1.82) is 0 Å². The first kappa shape index (κ1) is 27.0. The summed E-state index contributed by atoms with van der Waals surface area (Å²) in [4.78, 5) is 27.5. The van der Waals surface area contributed by atoms with Crippen molar-refractivity contribution in [1.82, 2.24) is 10.2 Å². The standard InChI is InChI=1S/C23H29Cl2N3O4S/c1-16(2)13-26-23(30)17(3)27(14-18-9-6-5-7-10-18)21(29)15-28(33(4,31)32)20-12-8-11-19(24)22(20)25/h5-12,16-17H,13-15H2,1-4H3,(H,26,30). The molecule has 0 spiro atoms. The lowest BCUT2D eigenvalue weighted by molar-refractivity contribution is -0.139. The Hall–Kier alpha value is -2.29. The quantitative estimate of drug-likeness (QED) is 0.520. The number of carbonyl (C=O) groups excluding carboxylic acids is 2. The molecule has 2 rings (SSSR count). The average Bonchev–Trinajstić information content (AvgIpc) is 2.75. The number of amides is 2. The Balaban J connectivity index is 2.38. The van der Waals surface area contributed by atoms with Gasteiger partial charge in [-0.3, -0.25) is 13.9 Å². The largest absolute Gasteiger partial charge is 0.354 e. The third-order valence-corrected chi connectivity index (χ3v) is 6.86. The lowest BCUT2D eigenvalue weighted by Gasteiger charge is -2.32. The van der Waals surface area contributed by atoms with Crippen molar-refractivity contribution in [2.75, 3.05) is 23.7 Å². The number of anilines is 1. The van der Waals surface area contributed by atoms with Crippen LogP contribution in [0.15, 0.2) is 48.5 Å². The van der Waals surface area contributed by atoms with E-state index in [2.05, 4.69) is 5.32 Å². The smallest absolute Gasteiger partial charge is 0.244 e. The zero-order valence-corrected chi connectivity index (χ0v) is 21.4. The number of rotatable bonds is 10. The van der Waals surface area contributed by atoms with Crippen molar-refractivity contribution in [3.05, 3.63) is 64.1 Å². The van der Waals surface area contributed by atoms with Crippen molar-refractivity contribution in [3.63, 3.8) is 0 Å². The minimum absolute atomic E-state index is 0.0229. The van der Waals surface area contributed by atoms with E-state index in [0.29, 0.717) is 6.54 Å². The van der Waals surface area contributed by atoms with E-state index in [1.807, 2.05) is 44.2 Å². The second-order valence-electron chi connectivity index (χ2n) is 8.16. The molecule has 1 unspecified atom stereocenters. The fourth-order valence-corrected chi connectivity index (χ4v) is 4.40. The van der Waals surface area contributed by atoms with E-state index in [0.717, 1.165) is 16.1 Å². The van der Waals surface area contributed by atoms with Crippen molar-refractivity contribution in [3.8, 4) is 0 Å². The van der Waals surface area contributed by atoms with Crippen molar-refractivity contribution in [2.45, 2.75) is 33.4 Å². The molecule has 2 amide bonds. The van der Waals surface area contributed by atoms with Gasteiger partial charge in [-0.05, 0) is 30.5 Å². The zero-order chi connectivity index (χ0) is 24.8. The molecule has 0 aliphatic heterocycles. The lowest BCUT2D eigenvalue weighted by Crippen LogP contribution is -2.51. The van der Waals surface area contributed by atoms with Crippen LogP contribution in [-0.4, -0.2) is 50.5 Å². The highest BCUT2D eigenvalue weighted by Gasteiger charge is 2.31. The Morgan fingerprint density at radius 3 is 2.21 bits per heavy atom. The topological polar surface area (TPSA) is 86.8 Å². The molecule has 2 aromatic carbocycles. The van der Waals surface area contributed by atoms with Gasteiger partial charge in [0.05, 0.1) is 22.0 Å². The fourth-order valence-electron chi connectivity index (χ4n) is 3.09. The summed E-state index contributed by atoms with van der Waals surface area (Å²) in [6.07, 6.45) is 0.984. The minimum atomic E-state index is -3.88. The van der Waals surface area contributed by atoms with Gasteiger partial charge in [-0.1, -0.05) is 73.4 Å². The number of hydrogen-bond acceptors (Lipinski definition) is 4. The second-order valence-corrected chi connectivity index (χ2v) is 10.9. The summed E-state index contributed by atoms with van der Waals surface area (Å²) in [7, 11) is -3.88. The molecule has 0 radical (unpaired) electrons. The van der Waals surface area contributed by atoms with Crippen LogP contribution in [0.1, 0.15) is 26.3 Å². The summed E-state index contributed by atoms with van der Waals surface area (Å²) in [6.45, 7) is 5.62. The van der Waals surface area contributed by atoms with E-state index >= 15 is 0 Å². The lowest BCUT2D eigenvalue weighted by atomic mass is 10.1. The third-order valence-electron chi connectivity index (χ3n) is 4.93. The molecule has 1 atom stereocenters. The van der Waals surface area contributed by atoms with E-state index in [4.69, 9.17) is 23.2 Å². The first-order valence-corrected chi connectivity index (χ1v) is 13.0. The molecule has 0 bridgehead atoms. The number of hydrogen-bond donors (Lipinski definition) is 1. The summed E-state index contributed by atoms with van der Waals surface area (Å²) in [5.74, 6) is -0.627. The van der Waals surface area contributed by atoms with Gasteiger partial charge < -0.3 is 10.2 Å². The van der Waals surface area contributed by atoms with Gasteiger partial charge in [0, 0.05) is 13.1 Å².